The normalized spacial score (nSPS) is 14.5. The fourth-order valence-corrected chi connectivity index (χ4v) is 7.71. The summed E-state index contributed by atoms with van der Waals surface area (Å²) in [5, 5.41) is -1.07. The highest BCUT2D eigenvalue weighted by Crippen LogP contribution is 2.48. The summed E-state index contributed by atoms with van der Waals surface area (Å²) in [5.41, 5.74) is 0.775. The van der Waals surface area contributed by atoms with E-state index in [0.29, 0.717) is 30.9 Å². The molecule has 0 N–H and O–H groups in total. The molecule has 0 atom stereocenters. The van der Waals surface area contributed by atoms with Crippen molar-refractivity contribution in [3.05, 3.63) is 141 Å². The van der Waals surface area contributed by atoms with Crippen LogP contribution in [0.2, 0.25) is 10.0 Å². The zero-order valence-corrected chi connectivity index (χ0v) is 31.5. The van der Waals surface area contributed by atoms with E-state index in [0.717, 1.165) is 29.3 Å². The smallest absolute Gasteiger partial charge is 0.418 e. The highest BCUT2D eigenvalue weighted by atomic mass is 35.5. The van der Waals surface area contributed by atoms with Crippen molar-refractivity contribution in [2.24, 2.45) is 0 Å². The van der Waals surface area contributed by atoms with Crippen LogP contribution in [0.15, 0.2) is 103 Å². The van der Waals surface area contributed by atoms with Crippen LogP contribution in [-0.4, -0.2) is 36.4 Å². The Morgan fingerprint density at radius 1 is 0.764 bits per heavy atom. The largest absolute Gasteiger partial charge is 0.748 e. The van der Waals surface area contributed by atoms with Crippen molar-refractivity contribution in [2.45, 2.75) is 45.2 Å². The third-order valence-corrected chi connectivity index (χ3v) is 10.6. The molecule has 0 saturated heterocycles. The minimum atomic E-state index is -4.80. The van der Waals surface area contributed by atoms with Crippen LogP contribution in [0.25, 0.3) is 17.1 Å². The van der Waals surface area contributed by atoms with Crippen LogP contribution in [0.4, 0.5) is 37.7 Å². The van der Waals surface area contributed by atoms with Crippen LogP contribution in [0.1, 0.15) is 35.0 Å². The Morgan fingerprint density at radius 2 is 1.31 bits per heavy atom. The summed E-state index contributed by atoms with van der Waals surface area (Å²) in [7, 11) is -4.76. The van der Waals surface area contributed by atoms with Gasteiger partial charge < -0.3 is 14.4 Å². The standard InChI is InChI=1S/C39H34Cl2F6N4O3S/c1-2-48-34-24-30(40)28(38(42,43)44)22-32(34)49(18-16-26-10-5-3-6-11-26)36(48)14-9-15-37-50(19-17-27-12-7-4-8-13-27)33-23-29(39(45,46)47)31(41)25-35(33)51(37)20-21-55(52,53)54/h3-15,22-25H,2,16-21H2,1H3. The van der Waals surface area contributed by atoms with E-state index < -0.39 is 55.9 Å². The van der Waals surface area contributed by atoms with Crippen molar-refractivity contribution in [3.63, 3.8) is 0 Å². The first kappa shape index (κ1) is 40.2. The van der Waals surface area contributed by atoms with Gasteiger partial charge in [-0.1, -0.05) is 89.9 Å². The van der Waals surface area contributed by atoms with Gasteiger partial charge in [0.15, 0.2) is 11.0 Å². The van der Waals surface area contributed by atoms with Crippen LogP contribution in [0, 0.1) is 0 Å². The number of halogens is 8. The van der Waals surface area contributed by atoms with Gasteiger partial charge in [0.05, 0.1) is 55.0 Å². The predicted molar refractivity (Wildman–Crippen MR) is 201 cm³/mol. The first-order valence-corrected chi connectivity index (χ1v) is 19.5. The number of imidazole rings is 1. The van der Waals surface area contributed by atoms with E-state index in [2.05, 4.69) is 0 Å². The molecule has 0 unspecified atom stereocenters. The lowest BCUT2D eigenvalue weighted by molar-refractivity contribution is -0.669. The van der Waals surface area contributed by atoms with Crippen molar-refractivity contribution in [1.29, 1.82) is 0 Å². The molecule has 1 aromatic heterocycles. The van der Waals surface area contributed by atoms with Crippen molar-refractivity contribution in [1.82, 2.24) is 4.57 Å². The molecule has 2 heterocycles. The van der Waals surface area contributed by atoms with Crippen LogP contribution in [-0.2, 0) is 48.4 Å². The van der Waals surface area contributed by atoms with Crippen LogP contribution in [0.5, 0.6) is 0 Å². The fourth-order valence-electron chi connectivity index (χ4n) is 6.78. The van der Waals surface area contributed by atoms with Gasteiger partial charge in [0, 0.05) is 37.7 Å². The summed E-state index contributed by atoms with van der Waals surface area (Å²) >= 11 is 12.3. The van der Waals surface area contributed by atoms with E-state index in [1.807, 2.05) is 67.6 Å². The van der Waals surface area contributed by atoms with Gasteiger partial charge in [-0.3, -0.25) is 0 Å². The molecule has 0 saturated carbocycles. The molecule has 16 heteroatoms. The van der Waals surface area contributed by atoms with Crippen LogP contribution in [0.3, 0.4) is 0 Å². The molecule has 1 aliphatic heterocycles. The zero-order valence-electron chi connectivity index (χ0n) is 29.2. The molecular weight excluding hydrogens is 789 g/mol. The Bertz CT molecular complexity index is 2360. The highest BCUT2D eigenvalue weighted by molar-refractivity contribution is 7.85. The minimum Gasteiger partial charge on any atom is -0.748 e. The molecule has 0 spiro atoms. The molecule has 0 aliphatic carbocycles. The van der Waals surface area contributed by atoms with Crippen molar-refractivity contribution >= 4 is 61.8 Å². The highest BCUT2D eigenvalue weighted by Gasteiger charge is 2.39. The first-order chi connectivity index (χ1) is 26.0. The first-order valence-electron chi connectivity index (χ1n) is 17.1. The number of anilines is 2. The predicted octanol–water partition coefficient (Wildman–Crippen LogP) is 9.50. The second-order valence-corrected chi connectivity index (χ2v) is 15.1. The summed E-state index contributed by atoms with van der Waals surface area (Å²) in [6, 6.07) is 22.9. The third kappa shape index (κ3) is 8.98. The van der Waals surface area contributed by atoms with Crippen LogP contribution < -0.4 is 14.4 Å². The Morgan fingerprint density at radius 3 is 1.87 bits per heavy atom. The van der Waals surface area contributed by atoms with Crippen molar-refractivity contribution in [2.75, 3.05) is 28.6 Å². The number of nitrogens with zero attached hydrogens (tertiary/aromatic N) is 4. The SMILES string of the molecule is CCN1C(=CC=Cc2n(CCc3ccccc3)c3cc(C(F)(F)F)c(Cl)cc3[n+]2CCS(=O)(=O)[O-])N(CCc2ccccc2)c2cc(C(F)(F)F)c(Cl)cc21. The molecule has 0 amide bonds. The number of fused-ring (bicyclic) bond motifs is 2. The van der Waals surface area contributed by atoms with Gasteiger partial charge in [0.1, 0.15) is 12.4 Å². The second kappa shape index (κ2) is 15.9. The van der Waals surface area contributed by atoms with Gasteiger partial charge in [-0.15, -0.1) is 0 Å². The lowest BCUT2D eigenvalue weighted by atomic mass is 10.1. The molecule has 55 heavy (non-hydrogen) atoms. The Labute approximate surface area is 324 Å². The zero-order chi connectivity index (χ0) is 39.7. The number of hydrogen-bond acceptors (Lipinski definition) is 5. The third-order valence-electron chi connectivity index (χ3n) is 9.31. The van der Waals surface area contributed by atoms with E-state index in [1.54, 1.807) is 32.6 Å². The maximum absolute atomic E-state index is 14.1. The van der Waals surface area contributed by atoms with Crippen molar-refractivity contribution < 1.29 is 43.9 Å². The van der Waals surface area contributed by atoms with E-state index in [1.165, 1.54) is 10.6 Å². The molecule has 290 valence electrons. The molecule has 6 rings (SSSR count). The van der Waals surface area contributed by atoms with E-state index >= 15 is 0 Å². The summed E-state index contributed by atoms with van der Waals surface area (Å²) in [5.74, 6) is -0.0911. The topological polar surface area (TPSA) is 72.5 Å². The maximum Gasteiger partial charge on any atom is 0.418 e. The quantitative estimate of drug-likeness (QED) is 0.0713. The molecule has 5 aromatic rings. The molecular formula is C39H34Cl2F6N4O3S. The molecule has 0 bridgehead atoms. The lowest BCUT2D eigenvalue weighted by Gasteiger charge is -2.24. The second-order valence-electron chi connectivity index (χ2n) is 12.8. The molecule has 0 radical (unpaired) electrons. The number of benzene rings is 4. The van der Waals surface area contributed by atoms with Gasteiger partial charge in [-0.25, -0.2) is 17.6 Å². The number of hydrogen-bond donors (Lipinski definition) is 0. The summed E-state index contributed by atoms with van der Waals surface area (Å²) in [6.07, 6.45) is -3.84. The Hall–Kier alpha value is -4.50. The van der Waals surface area contributed by atoms with Crippen molar-refractivity contribution in [3.8, 4) is 0 Å². The number of alkyl halides is 6. The van der Waals surface area contributed by atoms with E-state index in [4.69, 9.17) is 23.2 Å². The van der Waals surface area contributed by atoms with Gasteiger partial charge in [0.25, 0.3) is 5.82 Å². The summed E-state index contributed by atoms with van der Waals surface area (Å²) < 4.78 is 123. The average molecular weight is 824 g/mol. The monoisotopic (exact) mass is 822 g/mol. The average Bonchev–Trinajstić information content (AvgIpc) is 3.56. The minimum absolute atomic E-state index is 0.102. The van der Waals surface area contributed by atoms with E-state index in [9.17, 15) is 39.3 Å². The number of allylic oxidation sites excluding steroid dienone is 2. The number of aryl methyl sites for hydroxylation is 3. The molecule has 4 aromatic carbocycles. The van der Waals surface area contributed by atoms with Gasteiger partial charge in [-0.05, 0) is 42.7 Å². The molecule has 0 fully saturated rings. The maximum atomic E-state index is 14.1. The van der Waals surface area contributed by atoms with Gasteiger partial charge in [0.2, 0.25) is 0 Å². The van der Waals surface area contributed by atoms with Gasteiger partial charge >= 0.3 is 12.4 Å². The van der Waals surface area contributed by atoms with E-state index in [-0.39, 0.29) is 35.6 Å². The fraction of sp³-hybridized carbons (Fsp3) is 0.256. The molecule has 1 aliphatic rings. The Kier molecular flexibility index (Phi) is 11.6. The molecule has 7 nitrogen and oxygen atoms in total. The van der Waals surface area contributed by atoms with Gasteiger partial charge in [-0.2, -0.15) is 26.3 Å². The lowest BCUT2D eigenvalue weighted by Crippen LogP contribution is -2.40. The van der Waals surface area contributed by atoms with Crippen LogP contribution >= 0.6 is 23.2 Å². The summed E-state index contributed by atoms with van der Waals surface area (Å²) in [6.45, 7) is 2.21. The number of aromatic nitrogens is 2. The number of rotatable bonds is 12. The summed E-state index contributed by atoms with van der Waals surface area (Å²) in [4.78, 5) is 3.55. The Balaban J connectivity index is 1.51.